The predicted molar refractivity (Wildman–Crippen MR) is 202 cm³/mol. The van der Waals surface area contributed by atoms with Crippen molar-refractivity contribution in [2.24, 2.45) is 0 Å². The second kappa shape index (κ2) is 11.4. The molecule has 0 aliphatic heterocycles. The maximum atomic E-state index is 6.50. The highest BCUT2D eigenvalue weighted by atomic mass is 16.3. The van der Waals surface area contributed by atoms with E-state index < -0.39 is 0 Å². The van der Waals surface area contributed by atoms with Gasteiger partial charge in [0.2, 0.25) is 0 Å². The molecule has 5 heteroatoms. The molecule has 3 aromatic heterocycles. The van der Waals surface area contributed by atoms with E-state index in [9.17, 15) is 0 Å². The van der Waals surface area contributed by atoms with Gasteiger partial charge < -0.3 is 8.83 Å². The Kier molecular flexibility index (Phi) is 6.42. The highest BCUT2D eigenvalue weighted by Crippen LogP contribution is 2.39. The summed E-state index contributed by atoms with van der Waals surface area (Å²) in [6.07, 6.45) is 0. The van der Waals surface area contributed by atoms with Gasteiger partial charge in [0.25, 0.3) is 0 Å². The van der Waals surface area contributed by atoms with Crippen LogP contribution in [0.5, 0.6) is 0 Å². The van der Waals surface area contributed by atoms with Crippen LogP contribution in [0.25, 0.3) is 100 Å². The fourth-order valence-electron chi connectivity index (χ4n) is 6.88. The number of furan rings is 2. The summed E-state index contributed by atoms with van der Waals surface area (Å²) in [6.45, 7) is 0. The van der Waals surface area contributed by atoms with Crippen LogP contribution in [-0.2, 0) is 0 Å². The van der Waals surface area contributed by atoms with Gasteiger partial charge >= 0.3 is 0 Å². The van der Waals surface area contributed by atoms with E-state index in [0.29, 0.717) is 17.5 Å². The van der Waals surface area contributed by atoms with Gasteiger partial charge in [-0.05, 0) is 64.7 Å². The van der Waals surface area contributed by atoms with Gasteiger partial charge in [-0.2, -0.15) is 0 Å². The van der Waals surface area contributed by atoms with Gasteiger partial charge in [0, 0.05) is 38.2 Å². The molecular formula is C45H27N3O2. The Bertz CT molecular complexity index is 2850. The molecule has 0 atom stereocenters. The quantitative estimate of drug-likeness (QED) is 0.187. The van der Waals surface area contributed by atoms with Gasteiger partial charge in [0.05, 0.1) is 0 Å². The minimum Gasteiger partial charge on any atom is -0.456 e. The average Bonchev–Trinajstić information content (AvgIpc) is 3.76. The van der Waals surface area contributed by atoms with Crippen molar-refractivity contribution in [1.82, 2.24) is 15.0 Å². The van der Waals surface area contributed by atoms with Crippen LogP contribution in [0.4, 0.5) is 0 Å². The molecule has 0 radical (unpaired) electrons. The van der Waals surface area contributed by atoms with Gasteiger partial charge in [-0.25, -0.2) is 15.0 Å². The van der Waals surface area contributed by atoms with Crippen molar-refractivity contribution in [3.8, 4) is 56.4 Å². The first kappa shape index (κ1) is 28.2. The Morgan fingerprint density at radius 1 is 0.300 bits per heavy atom. The van der Waals surface area contributed by atoms with Crippen LogP contribution < -0.4 is 0 Å². The molecule has 0 amide bonds. The van der Waals surface area contributed by atoms with Crippen molar-refractivity contribution in [3.63, 3.8) is 0 Å². The molecule has 0 aliphatic rings. The fourth-order valence-corrected chi connectivity index (χ4v) is 6.88. The molecule has 10 aromatic rings. The summed E-state index contributed by atoms with van der Waals surface area (Å²) in [5.41, 5.74) is 10.6. The lowest BCUT2D eigenvalue weighted by molar-refractivity contribution is 0.668. The average molecular weight is 642 g/mol. The predicted octanol–water partition coefficient (Wildman–Crippen LogP) is 12.0. The molecule has 0 bridgehead atoms. The first-order valence-corrected chi connectivity index (χ1v) is 16.6. The van der Waals surface area contributed by atoms with Gasteiger partial charge in [0.15, 0.2) is 17.5 Å². The Hall–Kier alpha value is -6.85. The highest BCUT2D eigenvalue weighted by molar-refractivity contribution is 6.12. The zero-order valence-corrected chi connectivity index (χ0v) is 26.7. The monoisotopic (exact) mass is 641 g/mol. The van der Waals surface area contributed by atoms with Crippen LogP contribution in [-0.4, -0.2) is 15.0 Å². The normalized spacial score (nSPS) is 11.6. The van der Waals surface area contributed by atoms with Gasteiger partial charge in [0.1, 0.15) is 22.3 Å². The molecule has 0 aliphatic carbocycles. The van der Waals surface area contributed by atoms with Crippen LogP contribution in [0.15, 0.2) is 173 Å². The van der Waals surface area contributed by atoms with Crippen LogP contribution >= 0.6 is 0 Å². The number of para-hydroxylation sites is 1. The van der Waals surface area contributed by atoms with Crippen molar-refractivity contribution in [2.75, 3.05) is 0 Å². The summed E-state index contributed by atoms with van der Waals surface area (Å²) in [5.74, 6) is 1.78. The lowest BCUT2D eigenvalue weighted by Gasteiger charge is -2.09. The summed E-state index contributed by atoms with van der Waals surface area (Å²) in [5, 5.41) is 4.06. The van der Waals surface area contributed by atoms with Crippen molar-refractivity contribution >= 4 is 43.9 Å². The van der Waals surface area contributed by atoms with E-state index in [1.807, 2.05) is 78.9 Å². The first-order chi connectivity index (χ1) is 24.7. The van der Waals surface area contributed by atoms with Crippen LogP contribution in [0.1, 0.15) is 0 Å². The lowest BCUT2D eigenvalue weighted by Crippen LogP contribution is -2.00. The number of nitrogens with zero attached hydrogens (tertiary/aromatic N) is 3. The zero-order valence-electron chi connectivity index (χ0n) is 26.7. The minimum absolute atomic E-state index is 0.583. The Labute approximate surface area is 287 Å². The van der Waals surface area contributed by atoms with E-state index >= 15 is 0 Å². The Morgan fingerprint density at radius 3 is 1.66 bits per heavy atom. The van der Waals surface area contributed by atoms with E-state index in [2.05, 4.69) is 84.9 Å². The van der Waals surface area contributed by atoms with Gasteiger partial charge in [-0.3, -0.25) is 0 Å². The van der Waals surface area contributed by atoms with E-state index in [0.717, 1.165) is 71.7 Å². The number of hydrogen-bond donors (Lipinski definition) is 0. The molecule has 10 rings (SSSR count). The van der Waals surface area contributed by atoms with Gasteiger partial charge in [-0.1, -0.05) is 121 Å². The molecule has 3 heterocycles. The molecular weight excluding hydrogens is 615 g/mol. The number of fused-ring (bicyclic) bond motifs is 6. The SMILES string of the molecule is c1ccc(-c2ccc(-c3ccc4c(c3)oc3cccc(-c5nc(-c6ccccc6)nc(-c6ccc7oc8ccccc8c7c6)n5)c34)cc2)cc1. The van der Waals surface area contributed by atoms with Gasteiger partial charge in [-0.15, -0.1) is 0 Å². The van der Waals surface area contributed by atoms with Crippen molar-refractivity contribution in [3.05, 3.63) is 164 Å². The number of benzene rings is 7. The molecule has 7 aromatic carbocycles. The molecule has 0 fully saturated rings. The molecule has 0 spiro atoms. The van der Waals surface area contributed by atoms with E-state index in [1.165, 1.54) is 11.1 Å². The summed E-state index contributed by atoms with van der Waals surface area (Å²) in [4.78, 5) is 15.2. The van der Waals surface area contributed by atoms with Crippen molar-refractivity contribution in [2.45, 2.75) is 0 Å². The largest absolute Gasteiger partial charge is 0.456 e. The fraction of sp³-hybridized carbons (Fsp3) is 0. The molecule has 234 valence electrons. The Balaban J connectivity index is 1.11. The smallest absolute Gasteiger partial charge is 0.164 e. The van der Waals surface area contributed by atoms with Crippen LogP contribution in [0, 0.1) is 0 Å². The van der Waals surface area contributed by atoms with Crippen LogP contribution in [0.3, 0.4) is 0 Å². The Morgan fingerprint density at radius 2 is 0.860 bits per heavy atom. The van der Waals surface area contributed by atoms with Crippen molar-refractivity contribution < 1.29 is 8.83 Å². The number of hydrogen-bond acceptors (Lipinski definition) is 5. The summed E-state index contributed by atoms with van der Waals surface area (Å²) < 4.78 is 12.6. The van der Waals surface area contributed by atoms with E-state index in [-0.39, 0.29) is 0 Å². The summed E-state index contributed by atoms with van der Waals surface area (Å²) in [6, 6.07) is 55.8. The van der Waals surface area contributed by atoms with Crippen LogP contribution in [0.2, 0.25) is 0 Å². The van der Waals surface area contributed by atoms with E-state index in [1.54, 1.807) is 0 Å². The third kappa shape index (κ3) is 4.75. The molecule has 0 N–H and O–H groups in total. The molecule has 0 saturated carbocycles. The molecule has 0 saturated heterocycles. The third-order valence-corrected chi connectivity index (χ3v) is 9.37. The first-order valence-electron chi connectivity index (χ1n) is 16.6. The zero-order chi connectivity index (χ0) is 33.0. The standard InChI is InChI=1S/C45H27N3O2/c1-3-10-28(11-4-1)29-18-20-30(21-19-29)32-22-24-35-41(27-32)50-40-17-9-15-36(42(35)40)45-47-43(31-12-5-2-6-13-31)46-44(48-45)33-23-25-39-37(26-33)34-14-7-8-16-38(34)49-39/h1-27H. The third-order valence-electron chi connectivity index (χ3n) is 9.37. The highest BCUT2D eigenvalue weighted by Gasteiger charge is 2.19. The summed E-state index contributed by atoms with van der Waals surface area (Å²) in [7, 11) is 0. The maximum absolute atomic E-state index is 6.50. The van der Waals surface area contributed by atoms with E-state index in [4.69, 9.17) is 23.8 Å². The topological polar surface area (TPSA) is 65.0 Å². The number of aromatic nitrogens is 3. The second-order valence-corrected chi connectivity index (χ2v) is 12.4. The summed E-state index contributed by atoms with van der Waals surface area (Å²) >= 11 is 0. The second-order valence-electron chi connectivity index (χ2n) is 12.4. The molecule has 50 heavy (non-hydrogen) atoms. The minimum atomic E-state index is 0.583. The molecule has 0 unspecified atom stereocenters. The number of rotatable bonds is 5. The maximum Gasteiger partial charge on any atom is 0.164 e. The van der Waals surface area contributed by atoms with Crippen molar-refractivity contribution in [1.29, 1.82) is 0 Å². The molecule has 5 nitrogen and oxygen atoms in total. The lowest BCUT2D eigenvalue weighted by atomic mass is 9.99.